The van der Waals surface area contributed by atoms with Crippen LogP contribution in [-0.2, 0) is 0 Å². The van der Waals surface area contributed by atoms with Crippen molar-refractivity contribution in [1.29, 1.82) is 0 Å². The molecule has 2 N–H and O–H groups in total. The number of anilines is 2. The van der Waals surface area contributed by atoms with Gasteiger partial charge in [0.1, 0.15) is 18.0 Å². The molecule has 0 aliphatic heterocycles. The molecule has 88 valence electrons. The SMILES string of the molecule is C=CCNc1cc(NCCN(C)C)ncn1. The molecule has 0 fully saturated rings. The molecule has 0 radical (unpaired) electrons. The summed E-state index contributed by atoms with van der Waals surface area (Å²) in [6, 6.07) is 1.89. The quantitative estimate of drug-likeness (QED) is 0.674. The summed E-state index contributed by atoms with van der Waals surface area (Å²) < 4.78 is 0. The first-order valence-electron chi connectivity index (χ1n) is 5.28. The van der Waals surface area contributed by atoms with Crippen LogP contribution in [-0.4, -0.2) is 48.6 Å². The van der Waals surface area contributed by atoms with E-state index in [9.17, 15) is 0 Å². The molecule has 0 aliphatic carbocycles. The Morgan fingerprint density at radius 2 is 2.00 bits per heavy atom. The van der Waals surface area contributed by atoms with Crippen LogP contribution in [0.5, 0.6) is 0 Å². The van der Waals surface area contributed by atoms with Crippen molar-refractivity contribution in [1.82, 2.24) is 14.9 Å². The Kier molecular flexibility index (Phi) is 5.28. The maximum absolute atomic E-state index is 4.14. The highest BCUT2D eigenvalue weighted by Gasteiger charge is 1.97. The molecule has 1 aromatic heterocycles. The van der Waals surface area contributed by atoms with Gasteiger partial charge in [-0.25, -0.2) is 9.97 Å². The van der Waals surface area contributed by atoms with Crippen molar-refractivity contribution >= 4 is 11.6 Å². The monoisotopic (exact) mass is 221 g/mol. The average Bonchev–Trinajstić information content (AvgIpc) is 2.26. The van der Waals surface area contributed by atoms with E-state index in [2.05, 4.69) is 32.1 Å². The molecule has 0 bridgehead atoms. The highest BCUT2D eigenvalue weighted by atomic mass is 15.1. The standard InChI is InChI=1S/C11H19N5/c1-4-5-12-10-8-11(15-9-14-10)13-6-7-16(2)3/h4,8-9H,1,5-7H2,2-3H3,(H2,12,13,14,15). The first-order valence-corrected chi connectivity index (χ1v) is 5.28. The zero-order valence-electron chi connectivity index (χ0n) is 9.90. The van der Waals surface area contributed by atoms with Gasteiger partial charge in [-0.1, -0.05) is 6.08 Å². The van der Waals surface area contributed by atoms with E-state index in [-0.39, 0.29) is 0 Å². The highest BCUT2D eigenvalue weighted by Crippen LogP contribution is 2.07. The Balaban J connectivity index is 2.43. The van der Waals surface area contributed by atoms with E-state index in [1.165, 1.54) is 0 Å². The fourth-order valence-electron chi connectivity index (χ4n) is 1.13. The molecule has 0 atom stereocenters. The first-order chi connectivity index (χ1) is 7.72. The largest absolute Gasteiger partial charge is 0.369 e. The molecule has 0 aromatic carbocycles. The van der Waals surface area contributed by atoms with Crippen LogP contribution < -0.4 is 10.6 Å². The summed E-state index contributed by atoms with van der Waals surface area (Å²) in [6.45, 7) is 6.18. The summed E-state index contributed by atoms with van der Waals surface area (Å²) in [5.74, 6) is 1.64. The maximum Gasteiger partial charge on any atom is 0.131 e. The van der Waals surface area contributed by atoms with E-state index in [1.54, 1.807) is 12.4 Å². The van der Waals surface area contributed by atoms with E-state index in [4.69, 9.17) is 0 Å². The predicted molar refractivity (Wildman–Crippen MR) is 67.8 cm³/mol. The molecule has 0 aliphatic rings. The smallest absolute Gasteiger partial charge is 0.131 e. The Labute approximate surface area is 96.6 Å². The third kappa shape index (κ3) is 4.75. The minimum Gasteiger partial charge on any atom is -0.369 e. The summed E-state index contributed by atoms with van der Waals surface area (Å²) in [7, 11) is 4.08. The van der Waals surface area contributed by atoms with Gasteiger partial charge in [0.2, 0.25) is 0 Å². The predicted octanol–water partition coefficient (Wildman–Crippen LogP) is 1.05. The van der Waals surface area contributed by atoms with Crippen molar-refractivity contribution in [3.63, 3.8) is 0 Å². The highest BCUT2D eigenvalue weighted by molar-refractivity contribution is 5.46. The number of likely N-dealkylation sites (N-methyl/N-ethyl adjacent to an activating group) is 1. The lowest BCUT2D eigenvalue weighted by molar-refractivity contribution is 0.425. The third-order valence-electron chi connectivity index (χ3n) is 1.96. The molecule has 1 rings (SSSR count). The Morgan fingerprint density at radius 3 is 2.62 bits per heavy atom. The van der Waals surface area contributed by atoms with E-state index >= 15 is 0 Å². The minimum absolute atomic E-state index is 0.703. The van der Waals surface area contributed by atoms with Gasteiger partial charge < -0.3 is 15.5 Å². The summed E-state index contributed by atoms with van der Waals surface area (Å²) in [4.78, 5) is 10.4. The second-order valence-corrected chi connectivity index (χ2v) is 3.69. The number of rotatable bonds is 7. The molecule has 5 nitrogen and oxygen atoms in total. The maximum atomic E-state index is 4.14. The van der Waals surface area contributed by atoms with Crippen LogP contribution in [0.25, 0.3) is 0 Å². The average molecular weight is 221 g/mol. The van der Waals surface area contributed by atoms with Crippen LogP contribution in [0.1, 0.15) is 0 Å². The van der Waals surface area contributed by atoms with Crippen molar-refractivity contribution < 1.29 is 0 Å². The Morgan fingerprint density at radius 1 is 1.31 bits per heavy atom. The van der Waals surface area contributed by atoms with Crippen LogP contribution in [0.4, 0.5) is 11.6 Å². The molecule has 0 saturated heterocycles. The molecule has 16 heavy (non-hydrogen) atoms. The number of hydrogen-bond acceptors (Lipinski definition) is 5. The van der Waals surface area contributed by atoms with Crippen molar-refractivity contribution in [2.24, 2.45) is 0 Å². The fourth-order valence-corrected chi connectivity index (χ4v) is 1.13. The van der Waals surface area contributed by atoms with Crippen LogP contribution in [0.2, 0.25) is 0 Å². The summed E-state index contributed by atoms with van der Waals surface area (Å²) in [5, 5.41) is 6.35. The minimum atomic E-state index is 0.703. The summed E-state index contributed by atoms with van der Waals surface area (Å²) in [5.41, 5.74) is 0. The van der Waals surface area contributed by atoms with Gasteiger partial charge in [-0.15, -0.1) is 6.58 Å². The molecule has 0 unspecified atom stereocenters. The second kappa shape index (κ2) is 6.79. The summed E-state index contributed by atoms with van der Waals surface area (Å²) in [6.07, 6.45) is 3.34. The molecular formula is C11H19N5. The zero-order chi connectivity index (χ0) is 11.8. The Hall–Kier alpha value is -1.62. The topological polar surface area (TPSA) is 53.1 Å². The van der Waals surface area contributed by atoms with E-state index in [0.29, 0.717) is 6.54 Å². The normalized spacial score (nSPS) is 10.2. The molecular weight excluding hydrogens is 202 g/mol. The number of aromatic nitrogens is 2. The number of hydrogen-bond donors (Lipinski definition) is 2. The van der Waals surface area contributed by atoms with Gasteiger partial charge in [-0.2, -0.15) is 0 Å². The van der Waals surface area contributed by atoms with Gasteiger partial charge in [0.05, 0.1) is 0 Å². The van der Waals surface area contributed by atoms with Gasteiger partial charge in [-0.3, -0.25) is 0 Å². The number of nitrogens with zero attached hydrogens (tertiary/aromatic N) is 3. The van der Waals surface area contributed by atoms with Crippen LogP contribution in [0.3, 0.4) is 0 Å². The van der Waals surface area contributed by atoms with Crippen LogP contribution >= 0.6 is 0 Å². The molecule has 1 heterocycles. The molecule has 5 heteroatoms. The lowest BCUT2D eigenvalue weighted by atomic mass is 10.4. The fraction of sp³-hybridized carbons (Fsp3) is 0.455. The number of nitrogens with one attached hydrogen (secondary N) is 2. The van der Waals surface area contributed by atoms with Crippen LogP contribution in [0.15, 0.2) is 25.0 Å². The third-order valence-corrected chi connectivity index (χ3v) is 1.96. The van der Waals surface area contributed by atoms with Gasteiger partial charge in [0.15, 0.2) is 0 Å². The van der Waals surface area contributed by atoms with E-state index in [0.717, 1.165) is 24.7 Å². The first kappa shape index (κ1) is 12.4. The lowest BCUT2D eigenvalue weighted by Crippen LogP contribution is -2.21. The van der Waals surface area contributed by atoms with Crippen molar-refractivity contribution in [2.45, 2.75) is 0 Å². The Bertz CT molecular complexity index is 324. The second-order valence-electron chi connectivity index (χ2n) is 3.69. The summed E-state index contributed by atoms with van der Waals surface area (Å²) >= 11 is 0. The lowest BCUT2D eigenvalue weighted by Gasteiger charge is -2.11. The zero-order valence-corrected chi connectivity index (χ0v) is 9.90. The van der Waals surface area contributed by atoms with Crippen molar-refractivity contribution in [3.05, 3.63) is 25.0 Å². The van der Waals surface area contributed by atoms with Crippen molar-refractivity contribution in [2.75, 3.05) is 44.4 Å². The molecule has 0 amide bonds. The van der Waals surface area contributed by atoms with E-state index in [1.807, 2.05) is 20.2 Å². The van der Waals surface area contributed by atoms with Gasteiger partial charge in [0.25, 0.3) is 0 Å². The van der Waals surface area contributed by atoms with Gasteiger partial charge in [0, 0.05) is 25.7 Å². The molecule has 0 saturated carbocycles. The molecule has 1 aromatic rings. The van der Waals surface area contributed by atoms with Gasteiger partial charge >= 0.3 is 0 Å². The van der Waals surface area contributed by atoms with Crippen molar-refractivity contribution in [3.8, 4) is 0 Å². The van der Waals surface area contributed by atoms with Crippen LogP contribution in [0, 0.1) is 0 Å². The van der Waals surface area contributed by atoms with Gasteiger partial charge in [-0.05, 0) is 14.1 Å². The van der Waals surface area contributed by atoms with E-state index < -0.39 is 0 Å². The molecule has 0 spiro atoms.